The summed E-state index contributed by atoms with van der Waals surface area (Å²) in [7, 11) is 0. The van der Waals surface area contributed by atoms with Gasteiger partial charge in [-0.2, -0.15) is 4.21 Å². The maximum atomic E-state index is 13.6. The summed E-state index contributed by atoms with van der Waals surface area (Å²) in [4.78, 5) is 20.6. The zero-order valence-corrected chi connectivity index (χ0v) is 28.4. The summed E-state index contributed by atoms with van der Waals surface area (Å²) in [5.41, 5.74) is 6.13. The summed E-state index contributed by atoms with van der Waals surface area (Å²) in [6.07, 6.45) is 4.62. The molecule has 10 nitrogen and oxygen atoms in total. The van der Waals surface area contributed by atoms with Gasteiger partial charge in [0.2, 0.25) is 0 Å². The van der Waals surface area contributed by atoms with E-state index >= 15 is 0 Å². The number of nitrogens with one attached hydrogen (secondary N) is 2. The number of aromatic nitrogens is 3. The van der Waals surface area contributed by atoms with Crippen molar-refractivity contribution in [2.24, 2.45) is 17.8 Å². The molecule has 1 aliphatic carbocycles. The molecule has 2 N–H and O–H groups in total. The number of fused-ring (bicyclic) bond motifs is 1. The molecule has 4 aromatic rings. The highest BCUT2D eigenvalue weighted by Gasteiger charge is 2.35. The Bertz CT molecular complexity index is 1730. The quantitative estimate of drug-likeness (QED) is 0.196. The number of carbonyl (C=O) groups excluding carboxylic acids is 1. The van der Waals surface area contributed by atoms with Gasteiger partial charge in [-0.15, -0.1) is 0 Å². The number of ether oxygens (including phenoxy) is 2. The Morgan fingerprint density at radius 2 is 1.83 bits per heavy atom. The third-order valence-corrected chi connectivity index (χ3v) is 10.0. The Hall–Kier alpha value is -3.83. The topological polar surface area (TPSA) is 110 Å². The molecule has 1 saturated heterocycles. The third kappa shape index (κ3) is 6.66. The van der Waals surface area contributed by atoms with E-state index in [4.69, 9.17) is 18.6 Å². The SMILES string of the molecule is CCc1ccc(C)cc1OS(=O)Nc1cc(-c2nc3c(C(=O)OC4C(C)CC(C)CC4C)c(C)cn3[nH]2)ccc1N1CCOCC1. The number of nitrogens with zero attached hydrogens (tertiary/aromatic N) is 3. The van der Waals surface area contributed by atoms with E-state index in [0.29, 0.717) is 72.5 Å². The van der Waals surface area contributed by atoms with Gasteiger partial charge in [0.1, 0.15) is 17.4 Å². The number of H-pyrrole nitrogens is 1. The summed E-state index contributed by atoms with van der Waals surface area (Å²) in [5, 5.41) is 3.32. The van der Waals surface area contributed by atoms with Crippen molar-refractivity contribution in [2.75, 3.05) is 35.9 Å². The first-order valence-electron chi connectivity index (χ1n) is 16.3. The lowest BCUT2D eigenvalue weighted by Gasteiger charge is -2.37. The molecule has 3 atom stereocenters. The van der Waals surface area contributed by atoms with E-state index < -0.39 is 11.3 Å². The van der Waals surface area contributed by atoms with Crippen LogP contribution in [0.2, 0.25) is 0 Å². The van der Waals surface area contributed by atoms with Crippen LogP contribution >= 0.6 is 0 Å². The average molecular weight is 648 g/mol. The molecule has 2 aromatic heterocycles. The van der Waals surface area contributed by atoms with Crippen molar-refractivity contribution in [2.45, 2.75) is 66.9 Å². The molecule has 246 valence electrons. The van der Waals surface area contributed by atoms with Gasteiger partial charge in [0.15, 0.2) is 11.5 Å². The molecule has 1 saturated carbocycles. The number of morpholine rings is 1. The molecule has 46 heavy (non-hydrogen) atoms. The van der Waals surface area contributed by atoms with Crippen LogP contribution in [-0.4, -0.2) is 57.2 Å². The monoisotopic (exact) mass is 647 g/mol. The molecule has 2 aromatic carbocycles. The fraction of sp³-hybridized carbons (Fsp3) is 0.486. The molecular weight excluding hydrogens is 602 g/mol. The van der Waals surface area contributed by atoms with Crippen molar-refractivity contribution in [1.29, 1.82) is 0 Å². The molecule has 0 spiro atoms. The highest BCUT2D eigenvalue weighted by atomic mass is 32.2. The number of aryl methyl sites for hydroxylation is 3. The van der Waals surface area contributed by atoms with E-state index in [0.717, 1.165) is 47.2 Å². The summed E-state index contributed by atoms with van der Waals surface area (Å²) in [6.45, 7) is 15.2. The predicted octanol–water partition coefficient (Wildman–Crippen LogP) is 6.64. The van der Waals surface area contributed by atoms with Gasteiger partial charge in [0.25, 0.3) is 0 Å². The van der Waals surface area contributed by atoms with Gasteiger partial charge >= 0.3 is 17.2 Å². The van der Waals surface area contributed by atoms with Crippen molar-refractivity contribution < 1.29 is 22.7 Å². The Morgan fingerprint density at radius 3 is 2.54 bits per heavy atom. The number of esters is 1. The first kappa shape index (κ1) is 32.1. The third-order valence-electron chi connectivity index (χ3n) is 9.31. The fourth-order valence-corrected chi connectivity index (χ4v) is 7.82. The molecule has 3 heterocycles. The van der Waals surface area contributed by atoms with E-state index in [9.17, 15) is 9.00 Å². The minimum Gasteiger partial charge on any atom is -0.458 e. The molecule has 0 amide bonds. The Morgan fingerprint density at radius 1 is 1.09 bits per heavy atom. The second-order valence-electron chi connectivity index (χ2n) is 13.1. The zero-order valence-electron chi connectivity index (χ0n) is 27.6. The average Bonchev–Trinajstić information content (AvgIpc) is 3.56. The van der Waals surface area contributed by atoms with Gasteiger partial charge in [0, 0.05) is 24.8 Å². The number of hydrogen-bond acceptors (Lipinski definition) is 7. The maximum Gasteiger partial charge on any atom is 0.342 e. The summed E-state index contributed by atoms with van der Waals surface area (Å²) in [5.74, 6) is 2.08. The molecule has 0 radical (unpaired) electrons. The molecule has 2 aliphatic rings. The molecule has 1 aliphatic heterocycles. The zero-order chi connectivity index (χ0) is 32.5. The van der Waals surface area contributed by atoms with Crippen LogP contribution in [0.1, 0.15) is 67.6 Å². The minimum atomic E-state index is -1.86. The van der Waals surface area contributed by atoms with E-state index in [-0.39, 0.29) is 12.1 Å². The second kappa shape index (κ2) is 13.5. The first-order chi connectivity index (χ1) is 22.1. The number of benzene rings is 2. The minimum absolute atomic E-state index is 0.117. The van der Waals surface area contributed by atoms with Crippen LogP contribution in [0.3, 0.4) is 0 Å². The van der Waals surface area contributed by atoms with Crippen LogP contribution in [0.4, 0.5) is 11.4 Å². The van der Waals surface area contributed by atoms with Gasteiger partial charge in [-0.3, -0.25) is 9.82 Å². The lowest BCUT2D eigenvalue weighted by molar-refractivity contribution is -0.0251. The van der Waals surface area contributed by atoms with Crippen molar-refractivity contribution in [1.82, 2.24) is 14.6 Å². The van der Waals surface area contributed by atoms with Crippen molar-refractivity contribution in [3.8, 4) is 17.1 Å². The smallest absolute Gasteiger partial charge is 0.342 e. The van der Waals surface area contributed by atoms with Gasteiger partial charge in [-0.1, -0.05) is 39.8 Å². The Balaban J connectivity index is 1.29. The lowest BCUT2D eigenvalue weighted by atomic mass is 9.75. The normalized spacial score (nSPS) is 22.5. The number of aromatic amines is 1. The van der Waals surface area contributed by atoms with Crippen LogP contribution in [-0.2, 0) is 27.2 Å². The molecule has 2 fully saturated rings. The van der Waals surface area contributed by atoms with E-state index in [1.54, 1.807) is 4.52 Å². The van der Waals surface area contributed by atoms with E-state index in [1.807, 2.05) is 63.4 Å². The van der Waals surface area contributed by atoms with Crippen LogP contribution in [0.25, 0.3) is 17.0 Å². The molecule has 0 bridgehead atoms. The summed E-state index contributed by atoms with van der Waals surface area (Å²) in [6, 6.07) is 11.8. The standard InChI is InChI=1S/C35H45N5O5S/c1-7-26-9-8-21(2)18-30(26)45-46(42)38-28-19-27(10-11-29(28)39-12-14-43-15-13-39)33-36-34-31(25(6)20-40(34)37-33)35(41)44-32-23(4)16-22(3)17-24(32)5/h8-11,18-20,22-24,32,38H,7,12-17H2,1-6H3,(H,36,37). The predicted molar refractivity (Wildman–Crippen MR) is 182 cm³/mol. The molecule has 3 unspecified atom stereocenters. The lowest BCUT2D eigenvalue weighted by Crippen LogP contribution is -2.37. The number of hydrogen-bond donors (Lipinski definition) is 2. The number of carbonyl (C=O) groups is 1. The van der Waals surface area contributed by atoms with E-state index in [2.05, 4.69) is 35.5 Å². The highest BCUT2D eigenvalue weighted by molar-refractivity contribution is 7.82. The summed E-state index contributed by atoms with van der Waals surface area (Å²) >= 11 is -1.86. The van der Waals surface area contributed by atoms with Crippen molar-refractivity contribution in [3.63, 3.8) is 0 Å². The number of rotatable bonds is 9. The van der Waals surface area contributed by atoms with Gasteiger partial charge in [-0.05, 0) is 91.8 Å². The highest BCUT2D eigenvalue weighted by Crippen LogP contribution is 2.37. The van der Waals surface area contributed by atoms with Crippen LogP contribution in [0.15, 0.2) is 42.6 Å². The van der Waals surface area contributed by atoms with Gasteiger partial charge in [-0.25, -0.2) is 14.3 Å². The van der Waals surface area contributed by atoms with Crippen LogP contribution < -0.4 is 13.8 Å². The first-order valence-corrected chi connectivity index (χ1v) is 17.4. The van der Waals surface area contributed by atoms with Crippen LogP contribution in [0.5, 0.6) is 5.75 Å². The van der Waals surface area contributed by atoms with Crippen molar-refractivity contribution >= 4 is 34.3 Å². The fourth-order valence-electron chi connectivity index (χ4n) is 7.12. The van der Waals surface area contributed by atoms with Crippen molar-refractivity contribution in [3.05, 3.63) is 64.8 Å². The Kier molecular flexibility index (Phi) is 9.42. The number of anilines is 2. The Labute approximate surface area is 273 Å². The summed E-state index contributed by atoms with van der Waals surface area (Å²) < 4.78 is 35.9. The van der Waals surface area contributed by atoms with Gasteiger partial charge in [0.05, 0.1) is 24.6 Å². The van der Waals surface area contributed by atoms with Crippen LogP contribution in [0, 0.1) is 31.6 Å². The van der Waals surface area contributed by atoms with E-state index in [1.165, 1.54) is 0 Å². The molecule has 6 rings (SSSR count). The maximum absolute atomic E-state index is 13.6. The van der Waals surface area contributed by atoms with Gasteiger partial charge < -0.3 is 18.6 Å². The molecular formula is C35H45N5O5S. The second-order valence-corrected chi connectivity index (χ2v) is 13.9. The largest absolute Gasteiger partial charge is 0.458 e. The molecule has 11 heteroatoms.